The predicted octanol–water partition coefficient (Wildman–Crippen LogP) is 1.89. The van der Waals surface area contributed by atoms with Crippen molar-refractivity contribution in [2.75, 3.05) is 0 Å². The summed E-state index contributed by atoms with van der Waals surface area (Å²) >= 11 is 0. The SMILES string of the molecule is Cc1cccnc1Cn1ccnc1CNC1CC1. The maximum Gasteiger partial charge on any atom is 0.123 e. The number of rotatable bonds is 5. The summed E-state index contributed by atoms with van der Waals surface area (Å²) in [5, 5.41) is 3.50. The van der Waals surface area contributed by atoms with E-state index in [4.69, 9.17) is 0 Å². The molecule has 2 aromatic rings. The molecule has 0 amide bonds. The van der Waals surface area contributed by atoms with E-state index in [1.807, 2.05) is 24.7 Å². The van der Waals surface area contributed by atoms with Crippen LogP contribution in [0.25, 0.3) is 0 Å². The molecular weight excluding hydrogens is 224 g/mol. The highest BCUT2D eigenvalue weighted by atomic mass is 15.1. The van der Waals surface area contributed by atoms with Gasteiger partial charge in [-0.25, -0.2) is 4.98 Å². The van der Waals surface area contributed by atoms with Gasteiger partial charge in [-0.1, -0.05) is 6.07 Å². The number of nitrogens with one attached hydrogen (secondary N) is 1. The van der Waals surface area contributed by atoms with Crippen molar-refractivity contribution in [1.82, 2.24) is 19.9 Å². The van der Waals surface area contributed by atoms with Crippen LogP contribution in [0.15, 0.2) is 30.7 Å². The van der Waals surface area contributed by atoms with Gasteiger partial charge in [-0.3, -0.25) is 4.98 Å². The summed E-state index contributed by atoms with van der Waals surface area (Å²) in [5.74, 6) is 1.09. The Hall–Kier alpha value is -1.68. The van der Waals surface area contributed by atoms with Crippen LogP contribution in [0.3, 0.4) is 0 Å². The number of aryl methyl sites for hydroxylation is 1. The average Bonchev–Trinajstić information content (AvgIpc) is 3.10. The zero-order valence-electron chi connectivity index (χ0n) is 10.6. The molecule has 2 heterocycles. The van der Waals surface area contributed by atoms with E-state index in [1.54, 1.807) is 0 Å². The molecule has 0 bridgehead atoms. The van der Waals surface area contributed by atoms with Crippen LogP contribution in [0.2, 0.25) is 0 Å². The summed E-state index contributed by atoms with van der Waals surface area (Å²) in [6.45, 7) is 3.75. The quantitative estimate of drug-likeness (QED) is 0.870. The van der Waals surface area contributed by atoms with E-state index in [-0.39, 0.29) is 0 Å². The molecule has 4 heteroatoms. The molecule has 0 aromatic carbocycles. The summed E-state index contributed by atoms with van der Waals surface area (Å²) in [6, 6.07) is 4.79. The average molecular weight is 242 g/mol. The first-order chi connectivity index (χ1) is 8.83. The van der Waals surface area contributed by atoms with E-state index in [0.29, 0.717) is 6.04 Å². The van der Waals surface area contributed by atoms with Crippen molar-refractivity contribution >= 4 is 0 Å². The van der Waals surface area contributed by atoms with Gasteiger partial charge in [0.1, 0.15) is 5.82 Å². The standard InChI is InChI=1S/C14H18N4/c1-11-3-2-6-15-13(11)10-18-8-7-16-14(18)9-17-12-4-5-12/h2-3,6-8,12,17H,4-5,9-10H2,1H3. The molecule has 0 aliphatic heterocycles. The Bertz CT molecular complexity index is 528. The third kappa shape index (κ3) is 2.59. The normalized spacial score (nSPS) is 14.9. The third-order valence-electron chi connectivity index (χ3n) is 3.37. The molecule has 1 aliphatic rings. The fraction of sp³-hybridized carbons (Fsp3) is 0.429. The zero-order chi connectivity index (χ0) is 12.4. The monoisotopic (exact) mass is 242 g/mol. The molecule has 0 spiro atoms. The lowest BCUT2D eigenvalue weighted by Crippen LogP contribution is -2.19. The first kappa shape index (κ1) is 11.4. The Labute approximate surface area is 107 Å². The molecule has 2 aromatic heterocycles. The second-order valence-electron chi connectivity index (χ2n) is 4.89. The van der Waals surface area contributed by atoms with Crippen molar-refractivity contribution < 1.29 is 0 Å². The van der Waals surface area contributed by atoms with Crippen LogP contribution >= 0.6 is 0 Å². The van der Waals surface area contributed by atoms with E-state index in [2.05, 4.69) is 32.8 Å². The van der Waals surface area contributed by atoms with Crippen molar-refractivity contribution in [1.29, 1.82) is 0 Å². The summed E-state index contributed by atoms with van der Waals surface area (Å²) in [5.41, 5.74) is 2.34. The summed E-state index contributed by atoms with van der Waals surface area (Å²) in [7, 11) is 0. The zero-order valence-corrected chi connectivity index (χ0v) is 10.6. The van der Waals surface area contributed by atoms with Gasteiger partial charge in [0.25, 0.3) is 0 Å². The summed E-state index contributed by atoms with van der Waals surface area (Å²) in [4.78, 5) is 8.85. The Kier molecular flexibility index (Phi) is 3.11. The summed E-state index contributed by atoms with van der Waals surface area (Å²) in [6.07, 6.45) is 8.35. The number of pyridine rings is 1. The van der Waals surface area contributed by atoms with E-state index >= 15 is 0 Å². The second-order valence-corrected chi connectivity index (χ2v) is 4.89. The van der Waals surface area contributed by atoms with Crippen LogP contribution < -0.4 is 5.32 Å². The van der Waals surface area contributed by atoms with Crippen molar-refractivity contribution in [3.05, 3.63) is 47.8 Å². The molecular formula is C14H18N4. The highest BCUT2D eigenvalue weighted by Gasteiger charge is 2.20. The van der Waals surface area contributed by atoms with Gasteiger partial charge < -0.3 is 9.88 Å². The molecule has 1 aliphatic carbocycles. The van der Waals surface area contributed by atoms with Crippen molar-refractivity contribution in [2.45, 2.75) is 38.9 Å². The molecule has 4 nitrogen and oxygen atoms in total. The maximum atomic E-state index is 4.43. The molecule has 18 heavy (non-hydrogen) atoms. The number of hydrogen-bond donors (Lipinski definition) is 1. The third-order valence-corrected chi connectivity index (χ3v) is 3.37. The van der Waals surface area contributed by atoms with E-state index in [9.17, 15) is 0 Å². The maximum absolute atomic E-state index is 4.43. The topological polar surface area (TPSA) is 42.7 Å². The molecule has 1 N–H and O–H groups in total. The number of aromatic nitrogens is 3. The molecule has 3 rings (SSSR count). The van der Waals surface area contributed by atoms with Gasteiger partial charge in [0.05, 0.1) is 18.8 Å². The van der Waals surface area contributed by atoms with Gasteiger partial charge >= 0.3 is 0 Å². The van der Waals surface area contributed by atoms with Crippen LogP contribution in [0.5, 0.6) is 0 Å². The fourth-order valence-corrected chi connectivity index (χ4v) is 2.02. The number of nitrogens with zero attached hydrogens (tertiary/aromatic N) is 3. The Morgan fingerprint density at radius 3 is 3.00 bits per heavy atom. The van der Waals surface area contributed by atoms with Gasteiger partial charge in [-0.2, -0.15) is 0 Å². The predicted molar refractivity (Wildman–Crippen MR) is 70.2 cm³/mol. The first-order valence-corrected chi connectivity index (χ1v) is 6.47. The van der Waals surface area contributed by atoms with Crippen LogP contribution in [0, 0.1) is 6.92 Å². The molecule has 94 valence electrons. The molecule has 0 radical (unpaired) electrons. The lowest BCUT2D eigenvalue weighted by molar-refractivity contribution is 0.614. The first-order valence-electron chi connectivity index (χ1n) is 6.47. The largest absolute Gasteiger partial charge is 0.328 e. The number of hydrogen-bond acceptors (Lipinski definition) is 3. The Morgan fingerprint density at radius 2 is 2.22 bits per heavy atom. The van der Waals surface area contributed by atoms with Crippen molar-refractivity contribution in [3.8, 4) is 0 Å². The minimum Gasteiger partial charge on any atom is -0.328 e. The smallest absolute Gasteiger partial charge is 0.123 e. The van der Waals surface area contributed by atoms with E-state index in [1.165, 1.54) is 18.4 Å². The Morgan fingerprint density at radius 1 is 1.33 bits per heavy atom. The summed E-state index contributed by atoms with van der Waals surface area (Å²) < 4.78 is 2.17. The highest BCUT2D eigenvalue weighted by Crippen LogP contribution is 2.19. The lowest BCUT2D eigenvalue weighted by Gasteiger charge is -2.09. The highest BCUT2D eigenvalue weighted by molar-refractivity contribution is 5.18. The van der Waals surface area contributed by atoms with Crippen molar-refractivity contribution in [2.24, 2.45) is 0 Å². The van der Waals surface area contributed by atoms with Gasteiger partial charge in [-0.05, 0) is 31.4 Å². The minimum absolute atomic E-state index is 0.715. The van der Waals surface area contributed by atoms with E-state index < -0.39 is 0 Å². The molecule has 1 saturated carbocycles. The second kappa shape index (κ2) is 4.90. The van der Waals surface area contributed by atoms with E-state index in [0.717, 1.165) is 24.6 Å². The molecule has 1 fully saturated rings. The van der Waals surface area contributed by atoms with Gasteiger partial charge in [0.15, 0.2) is 0 Å². The van der Waals surface area contributed by atoms with Crippen LogP contribution in [0.1, 0.15) is 29.9 Å². The minimum atomic E-state index is 0.715. The van der Waals surface area contributed by atoms with Crippen LogP contribution in [0.4, 0.5) is 0 Å². The van der Waals surface area contributed by atoms with Crippen molar-refractivity contribution in [3.63, 3.8) is 0 Å². The molecule has 0 saturated heterocycles. The Balaban J connectivity index is 1.71. The van der Waals surface area contributed by atoms with Gasteiger partial charge in [0, 0.05) is 24.6 Å². The molecule has 0 unspecified atom stereocenters. The van der Waals surface area contributed by atoms with Crippen LogP contribution in [-0.4, -0.2) is 20.6 Å². The van der Waals surface area contributed by atoms with Crippen LogP contribution in [-0.2, 0) is 13.1 Å². The van der Waals surface area contributed by atoms with Gasteiger partial charge in [-0.15, -0.1) is 0 Å². The lowest BCUT2D eigenvalue weighted by atomic mass is 10.2. The fourth-order valence-electron chi connectivity index (χ4n) is 2.02. The number of imidazole rings is 1. The molecule has 0 atom stereocenters. The van der Waals surface area contributed by atoms with Gasteiger partial charge in [0.2, 0.25) is 0 Å².